The Morgan fingerprint density at radius 2 is 2.06 bits per heavy atom. The average Bonchev–Trinajstić information content (AvgIpc) is 3.27. The van der Waals surface area contributed by atoms with Crippen molar-refractivity contribution in [2.24, 2.45) is 0 Å². The summed E-state index contributed by atoms with van der Waals surface area (Å²) in [4.78, 5) is 38.6. The van der Waals surface area contributed by atoms with E-state index in [0.29, 0.717) is 25.1 Å². The number of carboxylic acid groups (broad SMARTS) is 1. The lowest BCUT2D eigenvalue weighted by molar-refractivity contribution is -0.148. The molecule has 7 nitrogen and oxygen atoms in total. The molecule has 1 aromatic carbocycles. The highest BCUT2D eigenvalue weighted by Crippen LogP contribution is 2.34. The summed E-state index contributed by atoms with van der Waals surface area (Å²) in [5.74, 6) is -1.31. The SMILES string of the molecule is CCOC(=O)C(CCc1ccccc1)NC1CSC(c2ccsc2)CN(CC(=O)O)C1=O. The van der Waals surface area contributed by atoms with Crippen molar-refractivity contribution >= 4 is 40.9 Å². The number of carboxylic acids is 1. The van der Waals surface area contributed by atoms with Crippen LogP contribution in [0.25, 0.3) is 0 Å². The van der Waals surface area contributed by atoms with Crippen molar-refractivity contribution in [2.45, 2.75) is 37.1 Å². The van der Waals surface area contributed by atoms with Crippen LogP contribution in [-0.4, -0.2) is 65.4 Å². The van der Waals surface area contributed by atoms with Crippen molar-refractivity contribution in [3.63, 3.8) is 0 Å². The normalized spacial score (nSPS) is 19.9. The van der Waals surface area contributed by atoms with Gasteiger partial charge >= 0.3 is 11.9 Å². The molecule has 3 unspecified atom stereocenters. The Kier molecular flexibility index (Phi) is 9.13. The van der Waals surface area contributed by atoms with Gasteiger partial charge in [0.25, 0.3) is 0 Å². The summed E-state index contributed by atoms with van der Waals surface area (Å²) >= 11 is 3.17. The molecule has 9 heteroatoms. The topological polar surface area (TPSA) is 95.9 Å². The van der Waals surface area contributed by atoms with Crippen molar-refractivity contribution in [1.29, 1.82) is 0 Å². The van der Waals surface area contributed by atoms with Crippen LogP contribution < -0.4 is 5.32 Å². The number of rotatable bonds is 10. The molecule has 0 bridgehead atoms. The minimum atomic E-state index is -1.06. The molecule has 0 aliphatic carbocycles. The number of aryl methyl sites for hydroxylation is 1. The molecule has 1 amide bonds. The fraction of sp³-hybridized carbons (Fsp3) is 0.435. The fourth-order valence-corrected chi connectivity index (χ4v) is 5.73. The van der Waals surface area contributed by atoms with Crippen LogP contribution in [0, 0.1) is 0 Å². The Bertz CT molecular complexity index is 891. The second kappa shape index (κ2) is 12.0. The first kappa shape index (κ1) is 24.3. The summed E-state index contributed by atoms with van der Waals surface area (Å²) in [7, 11) is 0. The predicted molar refractivity (Wildman–Crippen MR) is 126 cm³/mol. The second-order valence-electron chi connectivity index (χ2n) is 7.54. The predicted octanol–water partition coefficient (Wildman–Crippen LogP) is 2.97. The maximum atomic E-state index is 13.2. The summed E-state index contributed by atoms with van der Waals surface area (Å²) in [6, 6.07) is 10.5. The Morgan fingerprint density at radius 1 is 1.28 bits per heavy atom. The molecule has 2 aromatic rings. The molecular formula is C23H28N2O5S2. The Balaban J connectivity index is 1.75. The van der Waals surface area contributed by atoms with Gasteiger partial charge in [-0.25, -0.2) is 0 Å². The zero-order valence-corrected chi connectivity index (χ0v) is 19.6. The number of hydrogen-bond donors (Lipinski definition) is 2. The molecular weight excluding hydrogens is 448 g/mol. The summed E-state index contributed by atoms with van der Waals surface area (Å²) in [5.41, 5.74) is 2.17. The lowest BCUT2D eigenvalue weighted by Gasteiger charge is -2.26. The van der Waals surface area contributed by atoms with Crippen LogP contribution in [0.4, 0.5) is 0 Å². The van der Waals surface area contributed by atoms with Crippen molar-refractivity contribution in [1.82, 2.24) is 10.2 Å². The molecule has 0 spiro atoms. The van der Waals surface area contributed by atoms with Crippen LogP contribution in [0.3, 0.4) is 0 Å². The first-order valence-corrected chi connectivity index (χ1v) is 12.6. The number of carbonyl (C=O) groups is 3. The van der Waals surface area contributed by atoms with E-state index in [1.165, 1.54) is 4.90 Å². The Morgan fingerprint density at radius 3 is 2.72 bits per heavy atom. The van der Waals surface area contributed by atoms with Gasteiger partial charge in [0, 0.05) is 17.5 Å². The van der Waals surface area contributed by atoms with E-state index in [4.69, 9.17) is 4.74 Å². The minimum Gasteiger partial charge on any atom is -0.480 e. The molecule has 2 N–H and O–H groups in total. The molecule has 0 radical (unpaired) electrons. The van der Waals surface area contributed by atoms with E-state index < -0.39 is 24.0 Å². The first-order valence-electron chi connectivity index (χ1n) is 10.6. The smallest absolute Gasteiger partial charge is 0.323 e. The van der Waals surface area contributed by atoms with E-state index in [-0.39, 0.29) is 24.3 Å². The molecule has 1 saturated heterocycles. The summed E-state index contributed by atoms with van der Waals surface area (Å²) in [6.07, 6.45) is 1.13. The van der Waals surface area contributed by atoms with Crippen LogP contribution >= 0.6 is 23.1 Å². The molecule has 3 atom stereocenters. The highest BCUT2D eigenvalue weighted by molar-refractivity contribution is 7.99. The lowest BCUT2D eigenvalue weighted by Crippen LogP contribution is -2.53. The molecule has 1 aliphatic heterocycles. The fourth-order valence-electron chi connectivity index (χ4n) is 3.64. The summed E-state index contributed by atoms with van der Waals surface area (Å²) in [6.45, 7) is 1.95. The van der Waals surface area contributed by atoms with Gasteiger partial charge in [0.15, 0.2) is 0 Å². The van der Waals surface area contributed by atoms with E-state index in [1.807, 2.05) is 47.2 Å². The molecule has 1 aliphatic rings. The molecule has 1 aromatic heterocycles. The van der Waals surface area contributed by atoms with Crippen LogP contribution in [0.1, 0.15) is 29.7 Å². The van der Waals surface area contributed by atoms with E-state index in [9.17, 15) is 19.5 Å². The van der Waals surface area contributed by atoms with Gasteiger partial charge in [-0.3, -0.25) is 19.7 Å². The highest BCUT2D eigenvalue weighted by Gasteiger charge is 2.35. The van der Waals surface area contributed by atoms with Crippen LogP contribution in [0.15, 0.2) is 47.2 Å². The van der Waals surface area contributed by atoms with Gasteiger partial charge in [-0.15, -0.1) is 11.8 Å². The summed E-state index contributed by atoms with van der Waals surface area (Å²) in [5, 5.41) is 16.5. The number of benzene rings is 1. The molecule has 32 heavy (non-hydrogen) atoms. The standard InChI is InChI=1S/C23H28N2O5S2/c1-2-30-23(29)18(9-8-16-6-4-3-5-7-16)24-19-15-32-20(17-10-11-31-14-17)12-25(22(19)28)13-21(26)27/h3-7,10-11,14,18-20,24H,2,8-9,12-13,15H2,1H3,(H,26,27). The van der Waals surface area contributed by atoms with Gasteiger partial charge in [0.05, 0.1) is 12.6 Å². The van der Waals surface area contributed by atoms with Gasteiger partial charge in [-0.2, -0.15) is 11.3 Å². The van der Waals surface area contributed by atoms with Crippen LogP contribution in [0.2, 0.25) is 0 Å². The maximum absolute atomic E-state index is 13.2. The third-order valence-corrected chi connectivity index (χ3v) is 7.29. The number of esters is 1. The molecule has 0 saturated carbocycles. The van der Waals surface area contributed by atoms with Gasteiger partial charge in [0.2, 0.25) is 5.91 Å². The van der Waals surface area contributed by atoms with E-state index in [2.05, 4.69) is 5.32 Å². The molecule has 1 fully saturated rings. The van der Waals surface area contributed by atoms with Crippen LogP contribution in [-0.2, 0) is 25.5 Å². The largest absolute Gasteiger partial charge is 0.480 e. The second-order valence-corrected chi connectivity index (χ2v) is 9.56. The van der Waals surface area contributed by atoms with E-state index in [1.54, 1.807) is 30.0 Å². The number of hydrogen-bond acceptors (Lipinski definition) is 7. The highest BCUT2D eigenvalue weighted by atomic mass is 32.2. The zero-order chi connectivity index (χ0) is 22.9. The quantitative estimate of drug-likeness (QED) is 0.509. The number of carbonyl (C=O) groups excluding carboxylic acids is 2. The third-order valence-electron chi connectivity index (χ3n) is 5.24. The van der Waals surface area contributed by atoms with Gasteiger partial charge < -0.3 is 14.7 Å². The number of aliphatic carboxylic acids is 1. The van der Waals surface area contributed by atoms with Crippen molar-refractivity contribution < 1.29 is 24.2 Å². The molecule has 3 rings (SSSR count). The van der Waals surface area contributed by atoms with Crippen LogP contribution in [0.5, 0.6) is 0 Å². The van der Waals surface area contributed by atoms with Crippen molar-refractivity contribution in [3.05, 3.63) is 58.3 Å². The number of thiophene rings is 1. The molecule has 172 valence electrons. The molecule has 2 heterocycles. The number of nitrogens with one attached hydrogen (secondary N) is 1. The number of ether oxygens (including phenoxy) is 1. The minimum absolute atomic E-state index is 0.0123. The maximum Gasteiger partial charge on any atom is 0.323 e. The van der Waals surface area contributed by atoms with E-state index in [0.717, 1.165) is 11.1 Å². The van der Waals surface area contributed by atoms with Crippen molar-refractivity contribution in [2.75, 3.05) is 25.4 Å². The van der Waals surface area contributed by atoms with Gasteiger partial charge in [-0.05, 0) is 47.7 Å². The third kappa shape index (κ3) is 6.82. The lowest BCUT2D eigenvalue weighted by atomic mass is 10.0. The van der Waals surface area contributed by atoms with Gasteiger partial charge in [-0.1, -0.05) is 30.3 Å². The zero-order valence-electron chi connectivity index (χ0n) is 17.9. The number of thioether (sulfide) groups is 1. The van der Waals surface area contributed by atoms with Crippen molar-refractivity contribution in [3.8, 4) is 0 Å². The number of nitrogens with zero attached hydrogens (tertiary/aromatic N) is 1. The summed E-state index contributed by atoms with van der Waals surface area (Å²) < 4.78 is 5.25. The average molecular weight is 477 g/mol. The number of amides is 1. The monoisotopic (exact) mass is 476 g/mol. The first-order chi connectivity index (χ1) is 15.5. The Labute approximate surface area is 196 Å². The Hall–Kier alpha value is -2.36. The van der Waals surface area contributed by atoms with E-state index >= 15 is 0 Å². The van der Waals surface area contributed by atoms with Gasteiger partial charge in [0.1, 0.15) is 12.6 Å².